The normalized spacial score (nSPS) is 21.3. The van der Waals surface area contributed by atoms with E-state index in [0.717, 1.165) is 25.7 Å². The highest BCUT2D eigenvalue weighted by Gasteiger charge is 2.39. The monoisotopic (exact) mass is 366 g/mol. The van der Waals surface area contributed by atoms with E-state index in [9.17, 15) is 9.59 Å². The average molecular weight is 366 g/mol. The second-order valence-electron chi connectivity index (χ2n) is 7.82. The van der Waals surface area contributed by atoms with E-state index in [1.165, 1.54) is 24.5 Å². The van der Waals surface area contributed by atoms with E-state index in [1.54, 1.807) is 11.0 Å². The van der Waals surface area contributed by atoms with Gasteiger partial charge in [-0.25, -0.2) is 0 Å². The van der Waals surface area contributed by atoms with Crippen LogP contribution in [0.4, 0.5) is 0 Å². The highest BCUT2D eigenvalue weighted by atomic mass is 16.3. The van der Waals surface area contributed by atoms with Crippen LogP contribution in [0.15, 0.2) is 53.3 Å². The van der Waals surface area contributed by atoms with Crippen molar-refractivity contribution >= 4 is 11.8 Å². The van der Waals surface area contributed by atoms with Crippen molar-refractivity contribution in [1.82, 2.24) is 10.2 Å². The van der Waals surface area contributed by atoms with Crippen molar-refractivity contribution in [3.8, 4) is 0 Å². The molecule has 5 heteroatoms. The van der Waals surface area contributed by atoms with Crippen LogP contribution < -0.4 is 5.32 Å². The second-order valence-corrected chi connectivity index (χ2v) is 7.82. The maximum atomic E-state index is 12.8. The molecule has 5 nitrogen and oxygen atoms in total. The van der Waals surface area contributed by atoms with Gasteiger partial charge in [-0.3, -0.25) is 9.59 Å². The van der Waals surface area contributed by atoms with E-state index in [4.69, 9.17) is 4.42 Å². The third kappa shape index (κ3) is 3.64. The number of nitrogens with one attached hydrogen (secondary N) is 1. The minimum atomic E-state index is -0.137. The summed E-state index contributed by atoms with van der Waals surface area (Å²) >= 11 is 0. The molecule has 0 spiro atoms. The molecule has 1 aliphatic heterocycles. The van der Waals surface area contributed by atoms with Gasteiger partial charge < -0.3 is 14.6 Å². The molecule has 2 aromatic rings. The summed E-state index contributed by atoms with van der Waals surface area (Å²) in [6, 6.07) is 12.2. The van der Waals surface area contributed by atoms with Crippen LogP contribution >= 0.6 is 0 Å². The maximum absolute atomic E-state index is 12.8. The predicted octanol–water partition coefficient (Wildman–Crippen LogP) is 3.37. The highest BCUT2D eigenvalue weighted by Crippen LogP contribution is 2.43. The van der Waals surface area contributed by atoms with E-state index in [-0.39, 0.29) is 23.1 Å². The summed E-state index contributed by atoms with van der Waals surface area (Å²) in [5.74, 6) is -0.120. The minimum Gasteiger partial charge on any atom is -0.472 e. The van der Waals surface area contributed by atoms with Gasteiger partial charge in [0.05, 0.1) is 17.7 Å². The lowest BCUT2D eigenvalue weighted by Crippen LogP contribution is -2.50. The molecule has 27 heavy (non-hydrogen) atoms. The van der Waals surface area contributed by atoms with Gasteiger partial charge in [0.25, 0.3) is 5.91 Å². The molecule has 1 saturated heterocycles. The van der Waals surface area contributed by atoms with Gasteiger partial charge in [-0.05, 0) is 37.3 Å². The molecule has 2 fully saturated rings. The Morgan fingerprint density at radius 3 is 2.63 bits per heavy atom. The van der Waals surface area contributed by atoms with Gasteiger partial charge in [0.2, 0.25) is 5.91 Å². The number of carbonyl (C=O) groups excluding carboxylic acids is 2. The van der Waals surface area contributed by atoms with Gasteiger partial charge in [0.1, 0.15) is 6.26 Å². The van der Waals surface area contributed by atoms with Gasteiger partial charge in [-0.1, -0.05) is 36.8 Å². The van der Waals surface area contributed by atoms with Gasteiger partial charge >= 0.3 is 0 Å². The quantitative estimate of drug-likeness (QED) is 0.882. The molecule has 4 rings (SSSR count). The zero-order valence-electron chi connectivity index (χ0n) is 15.5. The largest absolute Gasteiger partial charge is 0.472 e. The predicted molar refractivity (Wildman–Crippen MR) is 102 cm³/mol. The summed E-state index contributed by atoms with van der Waals surface area (Å²) in [5, 5.41) is 3.19. The first-order valence-corrected chi connectivity index (χ1v) is 9.83. The van der Waals surface area contributed by atoms with Crippen molar-refractivity contribution < 1.29 is 14.0 Å². The number of hydrogen-bond donors (Lipinski definition) is 1. The summed E-state index contributed by atoms with van der Waals surface area (Å²) in [6.07, 6.45) is 8.10. The number of nitrogens with zero attached hydrogens (tertiary/aromatic N) is 1. The molecule has 1 aliphatic carbocycles. The molecular formula is C22H26N2O3. The zero-order chi connectivity index (χ0) is 18.7. The third-order valence-electron chi connectivity index (χ3n) is 6.15. The lowest BCUT2D eigenvalue weighted by Gasteiger charge is -2.43. The topological polar surface area (TPSA) is 62.6 Å². The minimum absolute atomic E-state index is 0.0546. The molecular weight excluding hydrogens is 340 g/mol. The molecule has 1 N–H and O–H groups in total. The molecule has 2 amide bonds. The zero-order valence-corrected chi connectivity index (χ0v) is 15.5. The number of rotatable bonds is 5. The Kier molecular flexibility index (Phi) is 5.01. The Morgan fingerprint density at radius 2 is 1.96 bits per heavy atom. The number of furan rings is 1. The van der Waals surface area contributed by atoms with Crippen LogP contribution in [0.25, 0.3) is 0 Å². The Morgan fingerprint density at radius 1 is 1.15 bits per heavy atom. The fourth-order valence-corrected chi connectivity index (χ4v) is 4.31. The van der Waals surface area contributed by atoms with E-state index in [1.807, 2.05) is 6.07 Å². The molecule has 2 aliphatic rings. The molecule has 1 saturated carbocycles. The van der Waals surface area contributed by atoms with Gasteiger partial charge in [0, 0.05) is 25.0 Å². The first-order chi connectivity index (χ1) is 13.2. The number of likely N-dealkylation sites (tertiary alicyclic amines) is 1. The van der Waals surface area contributed by atoms with Crippen molar-refractivity contribution in [2.24, 2.45) is 5.92 Å². The summed E-state index contributed by atoms with van der Waals surface area (Å²) in [7, 11) is 0. The van der Waals surface area contributed by atoms with Crippen LogP contribution in [-0.2, 0) is 10.2 Å². The summed E-state index contributed by atoms with van der Waals surface area (Å²) in [6.45, 7) is 1.86. The van der Waals surface area contributed by atoms with Crippen molar-refractivity contribution in [3.63, 3.8) is 0 Å². The van der Waals surface area contributed by atoms with E-state index in [0.29, 0.717) is 25.2 Å². The van der Waals surface area contributed by atoms with Crippen molar-refractivity contribution in [2.45, 2.75) is 37.5 Å². The molecule has 1 aromatic carbocycles. The Labute approximate surface area is 159 Å². The average Bonchev–Trinajstić information content (AvgIpc) is 3.22. The van der Waals surface area contributed by atoms with Crippen molar-refractivity contribution in [3.05, 3.63) is 60.1 Å². The second kappa shape index (κ2) is 7.59. The van der Waals surface area contributed by atoms with Crippen molar-refractivity contribution in [2.75, 3.05) is 19.6 Å². The summed E-state index contributed by atoms with van der Waals surface area (Å²) in [5.41, 5.74) is 1.95. The van der Waals surface area contributed by atoms with Crippen LogP contribution in [0.1, 0.15) is 48.0 Å². The maximum Gasteiger partial charge on any atom is 0.257 e. The fraction of sp³-hybridized carbons (Fsp3) is 0.455. The van der Waals surface area contributed by atoms with Crippen molar-refractivity contribution in [1.29, 1.82) is 0 Å². The Balaban J connectivity index is 1.36. The number of piperidine rings is 1. The van der Waals surface area contributed by atoms with E-state index < -0.39 is 0 Å². The van der Waals surface area contributed by atoms with Crippen LogP contribution in [0.5, 0.6) is 0 Å². The Bertz CT molecular complexity index is 781. The molecule has 142 valence electrons. The third-order valence-corrected chi connectivity index (χ3v) is 6.15. The number of benzene rings is 1. The highest BCUT2D eigenvalue weighted by molar-refractivity contribution is 5.94. The van der Waals surface area contributed by atoms with Crippen LogP contribution in [0.2, 0.25) is 0 Å². The number of amides is 2. The van der Waals surface area contributed by atoms with Gasteiger partial charge in [-0.2, -0.15) is 0 Å². The molecule has 0 bridgehead atoms. The molecule has 1 atom stereocenters. The van der Waals surface area contributed by atoms with Crippen LogP contribution in [0.3, 0.4) is 0 Å². The number of carbonyl (C=O) groups is 2. The SMILES string of the molecule is O=C(NCC1(c2ccccc2)CCC1)[C@H]1CCCN(C(=O)c2ccoc2)C1. The van der Waals surface area contributed by atoms with Gasteiger partial charge in [0.15, 0.2) is 0 Å². The molecule has 0 radical (unpaired) electrons. The summed E-state index contributed by atoms with van der Waals surface area (Å²) < 4.78 is 5.01. The Hall–Kier alpha value is -2.56. The fourth-order valence-electron chi connectivity index (χ4n) is 4.31. The molecule has 0 unspecified atom stereocenters. The molecule has 1 aromatic heterocycles. The van der Waals surface area contributed by atoms with E-state index >= 15 is 0 Å². The number of hydrogen-bond acceptors (Lipinski definition) is 3. The first kappa shape index (κ1) is 17.8. The first-order valence-electron chi connectivity index (χ1n) is 9.83. The lowest BCUT2D eigenvalue weighted by atomic mass is 9.64. The standard InChI is InChI=1S/C22H26N2O3/c25-20(23-16-22(10-5-11-22)19-7-2-1-3-8-19)17-6-4-12-24(14-17)21(26)18-9-13-27-15-18/h1-3,7-9,13,15,17H,4-6,10-12,14,16H2,(H,23,25)/t17-/m0/s1. The van der Waals surface area contributed by atoms with Crippen LogP contribution in [-0.4, -0.2) is 36.3 Å². The van der Waals surface area contributed by atoms with Gasteiger partial charge in [-0.15, -0.1) is 0 Å². The molecule has 2 heterocycles. The summed E-state index contributed by atoms with van der Waals surface area (Å²) in [4.78, 5) is 27.1. The smallest absolute Gasteiger partial charge is 0.257 e. The lowest BCUT2D eigenvalue weighted by molar-refractivity contribution is -0.126. The van der Waals surface area contributed by atoms with E-state index in [2.05, 4.69) is 29.6 Å². The van der Waals surface area contributed by atoms with Crippen LogP contribution in [0, 0.1) is 5.92 Å².